The number of fused-ring (bicyclic) bond motifs is 1. The quantitative estimate of drug-likeness (QED) is 0.759. The van der Waals surface area contributed by atoms with E-state index in [-0.39, 0.29) is 5.54 Å². The van der Waals surface area contributed by atoms with Gasteiger partial charge < -0.3 is 21.0 Å². The molecular weight excluding hydrogens is 272 g/mol. The van der Waals surface area contributed by atoms with Crippen LogP contribution in [-0.4, -0.2) is 22.9 Å². The van der Waals surface area contributed by atoms with Crippen molar-refractivity contribution in [3.63, 3.8) is 0 Å². The van der Waals surface area contributed by atoms with Crippen molar-refractivity contribution in [2.24, 2.45) is 11.7 Å². The Morgan fingerprint density at radius 3 is 2.91 bits per heavy atom. The van der Waals surface area contributed by atoms with Gasteiger partial charge in [-0.1, -0.05) is 6.07 Å². The van der Waals surface area contributed by atoms with Gasteiger partial charge in [-0.15, -0.1) is 0 Å². The number of allylic oxidation sites excluding steroid dienone is 1. The summed E-state index contributed by atoms with van der Waals surface area (Å²) in [6.07, 6.45) is 6.15. The largest absolute Gasteiger partial charge is 0.404 e. The highest BCUT2D eigenvalue weighted by Crippen LogP contribution is 2.27. The molecule has 1 fully saturated rings. The molecule has 2 aromatic rings. The first-order valence-electron chi connectivity index (χ1n) is 7.79. The average Bonchev–Trinajstić information content (AvgIpc) is 3.04. The van der Waals surface area contributed by atoms with Crippen molar-refractivity contribution in [1.29, 1.82) is 5.41 Å². The van der Waals surface area contributed by atoms with E-state index in [0.717, 1.165) is 24.2 Å². The molecule has 1 aliphatic rings. The molecule has 0 amide bonds. The fraction of sp³-hybridized carbons (Fsp3) is 0.389. The first-order valence-corrected chi connectivity index (χ1v) is 7.79. The molecule has 4 N–H and O–H groups in total. The van der Waals surface area contributed by atoms with Crippen LogP contribution in [0.25, 0.3) is 16.5 Å². The number of aromatic nitrogens is 1. The summed E-state index contributed by atoms with van der Waals surface area (Å²) in [5.41, 5.74) is 8.81. The summed E-state index contributed by atoms with van der Waals surface area (Å²) in [5, 5.41) is 12.2. The average molecular weight is 296 g/mol. The monoisotopic (exact) mass is 296 g/mol. The number of nitrogens with two attached hydrogens (primary N) is 1. The third-order valence-electron chi connectivity index (χ3n) is 4.56. The summed E-state index contributed by atoms with van der Waals surface area (Å²) in [6.45, 7) is 6.66. The molecule has 0 bridgehead atoms. The van der Waals surface area contributed by atoms with Gasteiger partial charge in [-0.25, -0.2) is 0 Å². The van der Waals surface area contributed by atoms with Crippen LogP contribution in [0.2, 0.25) is 0 Å². The van der Waals surface area contributed by atoms with Gasteiger partial charge in [0.05, 0.1) is 0 Å². The van der Waals surface area contributed by atoms with Crippen molar-refractivity contribution >= 4 is 22.7 Å². The molecule has 1 unspecified atom stereocenters. The summed E-state index contributed by atoms with van der Waals surface area (Å²) in [7, 11) is 0. The molecule has 3 rings (SSSR count). The number of hydrogen-bond donors (Lipinski definition) is 3. The molecule has 1 saturated heterocycles. The maximum absolute atomic E-state index is 7.41. The van der Waals surface area contributed by atoms with Crippen LogP contribution in [0.4, 0.5) is 0 Å². The molecule has 1 atom stereocenters. The van der Waals surface area contributed by atoms with Gasteiger partial charge in [0.15, 0.2) is 0 Å². The van der Waals surface area contributed by atoms with E-state index in [1.807, 2.05) is 6.07 Å². The van der Waals surface area contributed by atoms with E-state index in [2.05, 4.69) is 48.1 Å². The van der Waals surface area contributed by atoms with E-state index < -0.39 is 0 Å². The lowest BCUT2D eigenvalue weighted by atomic mass is 9.97. The maximum Gasteiger partial charge on any atom is 0.0480 e. The van der Waals surface area contributed by atoms with Crippen LogP contribution in [0.1, 0.15) is 25.8 Å². The van der Waals surface area contributed by atoms with Gasteiger partial charge in [-0.2, -0.15) is 0 Å². The fourth-order valence-electron chi connectivity index (χ4n) is 3.46. The highest BCUT2D eigenvalue weighted by molar-refractivity contribution is 6.09. The van der Waals surface area contributed by atoms with Crippen LogP contribution in [0.15, 0.2) is 36.7 Å². The molecule has 1 aromatic heterocycles. The predicted octanol–water partition coefficient (Wildman–Crippen LogP) is 2.98. The molecule has 0 spiro atoms. The van der Waals surface area contributed by atoms with Crippen LogP contribution in [-0.2, 0) is 6.54 Å². The van der Waals surface area contributed by atoms with E-state index in [1.54, 1.807) is 0 Å². The number of nitrogens with zero attached hydrogens (tertiary/aromatic N) is 1. The lowest BCUT2D eigenvalue weighted by Gasteiger charge is -2.17. The Bertz CT molecular complexity index is 724. The second-order valence-electron chi connectivity index (χ2n) is 6.84. The summed E-state index contributed by atoms with van der Waals surface area (Å²) in [4.78, 5) is 0. The number of rotatable bonds is 4. The van der Waals surface area contributed by atoms with Gasteiger partial charge >= 0.3 is 0 Å². The summed E-state index contributed by atoms with van der Waals surface area (Å²) in [6, 6.07) is 8.42. The number of hydrogen-bond acceptors (Lipinski definition) is 3. The lowest BCUT2D eigenvalue weighted by Crippen LogP contribution is -2.31. The first kappa shape index (κ1) is 14.9. The minimum absolute atomic E-state index is 0.256. The van der Waals surface area contributed by atoms with E-state index in [4.69, 9.17) is 11.1 Å². The SMILES string of the molecule is CC1(C)CC(Cn2ccc3cc(/C(C=N)=C/N)ccc32)CN1. The molecule has 116 valence electrons. The number of nitrogens with one attached hydrogen (secondary N) is 2. The first-order chi connectivity index (χ1) is 10.5. The van der Waals surface area contributed by atoms with Crippen LogP contribution in [0, 0.1) is 11.3 Å². The second kappa shape index (κ2) is 5.61. The predicted molar refractivity (Wildman–Crippen MR) is 93.1 cm³/mol. The Balaban J connectivity index is 1.85. The van der Waals surface area contributed by atoms with Crippen molar-refractivity contribution in [1.82, 2.24) is 9.88 Å². The minimum atomic E-state index is 0.256. The molecule has 4 nitrogen and oxygen atoms in total. The summed E-state index contributed by atoms with van der Waals surface area (Å²) >= 11 is 0. The Morgan fingerprint density at radius 1 is 1.45 bits per heavy atom. The normalized spacial score (nSPS) is 21.4. The molecule has 1 aliphatic heterocycles. The van der Waals surface area contributed by atoms with E-state index in [0.29, 0.717) is 5.92 Å². The zero-order valence-electron chi connectivity index (χ0n) is 13.3. The van der Waals surface area contributed by atoms with Crippen molar-refractivity contribution < 1.29 is 0 Å². The van der Waals surface area contributed by atoms with Crippen LogP contribution in [0.3, 0.4) is 0 Å². The summed E-state index contributed by atoms with van der Waals surface area (Å²) < 4.78 is 2.34. The van der Waals surface area contributed by atoms with Gasteiger partial charge in [0, 0.05) is 53.7 Å². The van der Waals surface area contributed by atoms with Gasteiger partial charge in [0.25, 0.3) is 0 Å². The molecule has 22 heavy (non-hydrogen) atoms. The van der Waals surface area contributed by atoms with Crippen LogP contribution < -0.4 is 11.1 Å². The smallest absolute Gasteiger partial charge is 0.0480 e. The lowest BCUT2D eigenvalue weighted by molar-refractivity contribution is 0.421. The Morgan fingerprint density at radius 2 is 2.27 bits per heavy atom. The van der Waals surface area contributed by atoms with E-state index in [9.17, 15) is 0 Å². The minimum Gasteiger partial charge on any atom is -0.404 e. The Hall–Kier alpha value is -2.07. The molecule has 0 aliphatic carbocycles. The zero-order valence-corrected chi connectivity index (χ0v) is 13.3. The van der Waals surface area contributed by atoms with Gasteiger partial charge in [0.1, 0.15) is 0 Å². The van der Waals surface area contributed by atoms with Crippen molar-refractivity contribution in [3.05, 3.63) is 42.2 Å². The van der Waals surface area contributed by atoms with E-state index >= 15 is 0 Å². The second-order valence-corrected chi connectivity index (χ2v) is 6.84. The Labute approximate surface area is 131 Å². The third-order valence-corrected chi connectivity index (χ3v) is 4.56. The van der Waals surface area contributed by atoms with Crippen molar-refractivity contribution in [2.75, 3.05) is 6.54 Å². The van der Waals surface area contributed by atoms with Crippen molar-refractivity contribution in [3.8, 4) is 0 Å². The number of benzene rings is 1. The highest BCUT2D eigenvalue weighted by atomic mass is 15.0. The summed E-state index contributed by atoms with van der Waals surface area (Å²) in [5.74, 6) is 0.673. The molecule has 1 aromatic carbocycles. The zero-order chi connectivity index (χ0) is 15.7. The third kappa shape index (κ3) is 2.79. The van der Waals surface area contributed by atoms with E-state index in [1.165, 1.54) is 29.7 Å². The van der Waals surface area contributed by atoms with Gasteiger partial charge in [-0.05, 0) is 49.9 Å². The molecule has 0 saturated carbocycles. The van der Waals surface area contributed by atoms with Crippen LogP contribution in [0.5, 0.6) is 0 Å². The topological polar surface area (TPSA) is 66.8 Å². The van der Waals surface area contributed by atoms with Crippen LogP contribution >= 0.6 is 0 Å². The molecule has 4 heteroatoms. The van der Waals surface area contributed by atoms with Crippen molar-refractivity contribution in [2.45, 2.75) is 32.4 Å². The highest BCUT2D eigenvalue weighted by Gasteiger charge is 2.30. The Kier molecular flexibility index (Phi) is 3.79. The maximum atomic E-state index is 7.41. The molecular formula is C18H24N4. The van der Waals surface area contributed by atoms with Gasteiger partial charge in [0.2, 0.25) is 0 Å². The fourth-order valence-corrected chi connectivity index (χ4v) is 3.46. The standard InChI is InChI=1S/C18H24N4/c1-18(2)8-13(11-21-18)12-22-6-5-15-7-14(3-4-17(15)22)16(9-19)10-20/h3-7,9-10,13,19,21H,8,11-12,20H2,1-2H3/b16-10+,19-9?. The molecule has 0 radical (unpaired) electrons. The van der Waals surface area contributed by atoms with Gasteiger partial charge in [-0.3, -0.25) is 0 Å². The molecule has 2 heterocycles.